The maximum Gasteiger partial charge on any atom is 0.234 e. The molecule has 26 heavy (non-hydrogen) atoms. The van der Waals surface area contributed by atoms with Gasteiger partial charge in [0.15, 0.2) is 0 Å². The fraction of sp³-hybridized carbons (Fsp3) is 0.600. The van der Waals surface area contributed by atoms with E-state index in [9.17, 15) is 9.59 Å². The second-order valence-corrected chi connectivity index (χ2v) is 7.34. The van der Waals surface area contributed by atoms with Gasteiger partial charge in [-0.2, -0.15) is 0 Å². The SMILES string of the molecule is COc1ccccc1NC(=O)C1CCN(CC(=O)NC(C)C(C)C)CC1. The summed E-state index contributed by atoms with van der Waals surface area (Å²) in [5.74, 6) is 1.13. The van der Waals surface area contributed by atoms with Crippen molar-refractivity contribution >= 4 is 17.5 Å². The van der Waals surface area contributed by atoms with Gasteiger partial charge in [0.25, 0.3) is 0 Å². The average molecular weight is 361 g/mol. The third-order valence-corrected chi connectivity index (χ3v) is 5.08. The predicted octanol–water partition coefficient (Wildman–Crippen LogP) is 2.51. The number of methoxy groups -OCH3 is 1. The number of carbonyl (C=O) groups excluding carboxylic acids is 2. The van der Waals surface area contributed by atoms with Crippen LogP contribution in [0.15, 0.2) is 24.3 Å². The minimum absolute atomic E-state index is 0.0204. The predicted molar refractivity (Wildman–Crippen MR) is 103 cm³/mol. The van der Waals surface area contributed by atoms with Gasteiger partial charge in [-0.1, -0.05) is 26.0 Å². The summed E-state index contributed by atoms with van der Waals surface area (Å²) >= 11 is 0. The van der Waals surface area contributed by atoms with E-state index in [0.29, 0.717) is 23.9 Å². The van der Waals surface area contributed by atoms with Gasteiger partial charge in [-0.15, -0.1) is 0 Å². The van der Waals surface area contributed by atoms with E-state index in [1.165, 1.54) is 0 Å². The van der Waals surface area contributed by atoms with Crippen molar-refractivity contribution in [2.24, 2.45) is 11.8 Å². The highest BCUT2D eigenvalue weighted by atomic mass is 16.5. The number of hydrogen-bond acceptors (Lipinski definition) is 4. The molecule has 2 rings (SSSR count). The van der Waals surface area contributed by atoms with Gasteiger partial charge in [0.2, 0.25) is 11.8 Å². The third-order valence-electron chi connectivity index (χ3n) is 5.08. The molecule has 1 aromatic rings. The van der Waals surface area contributed by atoms with Crippen molar-refractivity contribution in [2.75, 3.05) is 32.1 Å². The molecule has 6 nitrogen and oxygen atoms in total. The highest BCUT2D eigenvalue weighted by molar-refractivity contribution is 5.94. The first-order valence-electron chi connectivity index (χ1n) is 9.36. The number of likely N-dealkylation sites (tertiary alicyclic amines) is 1. The Morgan fingerprint density at radius 3 is 2.46 bits per heavy atom. The van der Waals surface area contributed by atoms with Crippen molar-refractivity contribution in [2.45, 2.75) is 39.7 Å². The molecule has 1 saturated heterocycles. The van der Waals surface area contributed by atoms with Crippen molar-refractivity contribution in [1.82, 2.24) is 10.2 Å². The molecule has 1 aliphatic rings. The summed E-state index contributed by atoms with van der Waals surface area (Å²) in [6.07, 6.45) is 1.52. The van der Waals surface area contributed by atoms with E-state index in [4.69, 9.17) is 4.74 Å². The van der Waals surface area contributed by atoms with Crippen molar-refractivity contribution < 1.29 is 14.3 Å². The Morgan fingerprint density at radius 1 is 1.19 bits per heavy atom. The van der Waals surface area contributed by atoms with Crippen molar-refractivity contribution in [3.63, 3.8) is 0 Å². The maximum absolute atomic E-state index is 12.5. The Labute approximate surface area is 156 Å². The van der Waals surface area contributed by atoms with E-state index in [2.05, 4.69) is 29.4 Å². The zero-order valence-corrected chi connectivity index (χ0v) is 16.2. The van der Waals surface area contributed by atoms with E-state index in [-0.39, 0.29) is 23.8 Å². The monoisotopic (exact) mass is 361 g/mol. The smallest absolute Gasteiger partial charge is 0.234 e. The zero-order chi connectivity index (χ0) is 19.1. The van der Waals surface area contributed by atoms with E-state index in [0.717, 1.165) is 25.9 Å². The number of para-hydroxylation sites is 2. The molecule has 2 amide bonds. The molecule has 1 unspecified atom stereocenters. The van der Waals surface area contributed by atoms with Gasteiger partial charge in [-0.05, 0) is 50.9 Å². The zero-order valence-electron chi connectivity index (χ0n) is 16.2. The molecule has 1 fully saturated rings. The number of amides is 2. The summed E-state index contributed by atoms with van der Waals surface area (Å²) in [6.45, 7) is 8.13. The van der Waals surface area contributed by atoms with Crippen LogP contribution in [0.4, 0.5) is 5.69 Å². The summed E-state index contributed by atoms with van der Waals surface area (Å²) in [7, 11) is 1.59. The molecular weight excluding hydrogens is 330 g/mol. The van der Waals surface area contributed by atoms with Crippen LogP contribution < -0.4 is 15.4 Å². The highest BCUT2D eigenvalue weighted by Crippen LogP contribution is 2.25. The van der Waals surface area contributed by atoms with Gasteiger partial charge in [0.1, 0.15) is 5.75 Å². The molecule has 0 aliphatic carbocycles. The van der Waals surface area contributed by atoms with Crippen molar-refractivity contribution in [3.05, 3.63) is 24.3 Å². The molecule has 1 atom stereocenters. The third kappa shape index (κ3) is 5.73. The topological polar surface area (TPSA) is 70.7 Å². The first-order chi connectivity index (χ1) is 12.4. The van der Waals surface area contributed by atoms with Crippen LogP contribution in [0.3, 0.4) is 0 Å². The Bertz CT molecular complexity index is 610. The van der Waals surface area contributed by atoms with Crippen LogP contribution in [-0.4, -0.2) is 49.5 Å². The van der Waals surface area contributed by atoms with Gasteiger partial charge < -0.3 is 15.4 Å². The van der Waals surface area contributed by atoms with Gasteiger partial charge in [0, 0.05) is 12.0 Å². The number of ether oxygens (including phenoxy) is 1. The average Bonchev–Trinajstić information content (AvgIpc) is 2.62. The highest BCUT2D eigenvalue weighted by Gasteiger charge is 2.26. The number of piperidine rings is 1. The van der Waals surface area contributed by atoms with E-state index in [1.807, 2.05) is 31.2 Å². The Hall–Kier alpha value is -2.08. The molecule has 144 valence electrons. The largest absolute Gasteiger partial charge is 0.495 e. The molecular formula is C20H31N3O3. The van der Waals surface area contributed by atoms with Gasteiger partial charge in [0.05, 0.1) is 19.3 Å². The number of hydrogen-bond donors (Lipinski definition) is 2. The molecule has 0 radical (unpaired) electrons. The van der Waals surface area contributed by atoms with Crippen LogP contribution in [0.2, 0.25) is 0 Å². The van der Waals surface area contributed by atoms with E-state index >= 15 is 0 Å². The maximum atomic E-state index is 12.5. The number of benzene rings is 1. The lowest BCUT2D eigenvalue weighted by molar-refractivity contribution is -0.124. The van der Waals surface area contributed by atoms with Crippen LogP contribution in [0.5, 0.6) is 5.75 Å². The lowest BCUT2D eigenvalue weighted by Gasteiger charge is -2.31. The fourth-order valence-electron chi connectivity index (χ4n) is 3.01. The normalized spacial score (nSPS) is 17.0. The van der Waals surface area contributed by atoms with Crippen LogP contribution in [0, 0.1) is 11.8 Å². The van der Waals surface area contributed by atoms with E-state index in [1.54, 1.807) is 7.11 Å². The molecule has 0 bridgehead atoms. The van der Waals surface area contributed by atoms with Crippen molar-refractivity contribution in [3.8, 4) is 5.75 Å². The van der Waals surface area contributed by atoms with Gasteiger partial charge in [-0.3, -0.25) is 14.5 Å². The number of rotatable bonds is 7. The standard InChI is InChI=1S/C20H31N3O3/c1-14(2)15(3)21-19(24)13-23-11-9-16(10-12-23)20(25)22-17-7-5-6-8-18(17)26-4/h5-8,14-16H,9-13H2,1-4H3,(H,21,24)(H,22,25). The minimum Gasteiger partial charge on any atom is -0.495 e. The fourth-order valence-corrected chi connectivity index (χ4v) is 3.01. The minimum atomic E-state index is -0.0335. The molecule has 0 spiro atoms. The lowest BCUT2D eigenvalue weighted by Crippen LogP contribution is -2.46. The quantitative estimate of drug-likeness (QED) is 0.783. The Balaban J connectivity index is 1.79. The molecule has 6 heteroatoms. The number of carbonyl (C=O) groups is 2. The second kappa shape index (κ2) is 9.57. The first kappa shape index (κ1) is 20.2. The summed E-state index contributed by atoms with van der Waals surface area (Å²) in [5, 5.41) is 6.00. The van der Waals surface area contributed by atoms with Crippen LogP contribution in [-0.2, 0) is 9.59 Å². The Kier molecular flexibility index (Phi) is 7.45. The van der Waals surface area contributed by atoms with Crippen LogP contribution in [0.1, 0.15) is 33.6 Å². The molecule has 2 N–H and O–H groups in total. The molecule has 0 aromatic heterocycles. The molecule has 1 heterocycles. The van der Waals surface area contributed by atoms with E-state index < -0.39 is 0 Å². The van der Waals surface area contributed by atoms with Gasteiger partial charge >= 0.3 is 0 Å². The number of anilines is 1. The molecule has 1 aromatic carbocycles. The second-order valence-electron chi connectivity index (χ2n) is 7.34. The summed E-state index contributed by atoms with van der Waals surface area (Å²) in [5.41, 5.74) is 0.699. The van der Waals surface area contributed by atoms with Crippen LogP contribution >= 0.6 is 0 Å². The molecule has 0 saturated carbocycles. The lowest BCUT2D eigenvalue weighted by atomic mass is 9.95. The van der Waals surface area contributed by atoms with Crippen molar-refractivity contribution in [1.29, 1.82) is 0 Å². The Morgan fingerprint density at radius 2 is 1.85 bits per heavy atom. The molecule has 1 aliphatic heterocycles. The summed E-state index contributed by atoms with van der Waals surface area (Å²) in [4.78, 5) is 26.7. The first-order valence-corrected chi connectivity index (χ1v) is 9.36. The number of nitrogens with one attached hydrogen (secondary N) is 2. The number of nitrogens with zero attached hydrogens (tertiary/aromatic N) is 1. The van der Waals surface area contributed by atoms with Gasteiger partial charge in [-0.25, -0.2) is 0 Å². The summed E-state index contributed by atoms with van der Waals surface area (Å²) < 4.78 is 5.28. The summed E-state index contributed by atoms with van der Waals surface area (Å²) in [6, 6.07) is 7.59. The van der Waals surface area contributed by atoms with Crippen LogP contribution in [0.25, 0.3) is 0 Å².